The highest BCUT2D eigenvalue weighted by molar-refractivity contribution is 6.30. The van der Waals surface area contributed by atoms with E-state index in [0.717, 1.165) is 16.7 Å². The highest BCUT2D eigenvalue weighted by Gasteiger charge is 2.19. The average Bonchev–Trinajstić information content (AvgIpc) is 2.69. The van der Waals surface area contributed by atoms with Crippen molar-refractivity contribution in [1.29, 1.82) is 0 Å². The molecule has 0 unspecified atom stereocenters. The molecule has 1 atom stereocenters. The molecular weight excluding hydrogens is 360 g/mol. The topological polar surface area (TPSA) is 72.2 Å². The van der Waals surface area contributed by atoms with E-state index in [0.29, 0.717) is 17.0 Å². The second-order valence-electron chi connectivity index (χ2n) is 6.20. The minimum absolute atomic E-state index is 0.323. The van der Waals surface area contributed by atoms with E-state index in [4.69, 9.17) is 17.3 Å². The van der Waals surface area contributed by atoms with Gasteiger partial charge < -0.3 is 11.1 Å². The molecule has 0 fully saturated rings. The summed E-state index contributed by atoms with van der Waals surface area (Å²) in [7, 11) is 0. The fourth-order valence-electron chi connectivity index (χ4n) is 2.77. The van der Waals surface area contributed by atoms with E-state index in [1.165, 1.54) is 0 Å². The Balaban J connectivity index is 1.70. The van der Waals surface area contributed by atoms with Gasteiger partial charge in [-0.25, -0.2) is 0 Å². The summed E-state index contributed by atoms with van der Waals surface area (Å²) in [4.78, 5) is 24.1. The predicted molar refractivity (Wildman–Crippen MR) is 107 cm³/mol. The van der Waals surface area contributed by atoms with Gasteiger partial charge in [0.25, 0.3) is 5.91 Å². The quantitative estimate of drug-likeness (QED) is 0.684. The van der Waals surface area contributed by atoms with E-state index in [9.17, 15) is 9.59 Å². The largest absolute Gasteiger partial charge is 0.368 e. The Labute approximate surface area is 163 Å². The van der Waals surface area contributed by atoms with Crippen LogP contribution in [0.3, 0.4) is 0 Å². The van der Waals surface area contributed by atoms with Crippen LogP contribution in [0.1, 0.15) is 15.9 Å². The van der Waals surface area contributed by atoms with Gasteiger partial charge in [-0.1, -0.05) is 66.2 Å². The molecule has 0 bridgehead atoms. The lowest BCUT2D eigenvalue weighted by atomic mass is 10.00. The lowest BCUT2D eigenvalue weighted by Crippen LogP contribution is -2.45. The second kappa shape index (κ2) is 8.52. The standard InChI is InChI=1S/C22H19ClN2O2/c23-19-12-10-18(11-13-19)22(27)25-20(21(24)26)14-15-6-8-17(9-7-15)16-4-2-1-3-5-16/h1-13,20H,14H2,(H2,24,26)(H,25,27)/t20-/m0/s1. The molecule has 5 heteroatoms. The predicted octanol–water partition coefficient (Wildman–Crippen LogP) is 3.83. The summed E-state index contributed by atoms with van der Waals surface area (Å²) in [5.74, 6) is -0.944. The number of primary amides is 1. The summed E-state index contributed by atoms with van der Waals surface area (Å²) in [6, 6.07) is 23.5. The van der Waals surface area contributed by atoms with Crippen LogP contribution in [0.15, 0.2) is 78.9 Å². The van der Waals surface area contributed by atoms with Crippen LogP contribution in [-0.2, 0) is 11.2 Å². The van der Waals surface area contributed by atoms with Gasteiger partial charge in [-0.3, -0.25) is 9.59 Å². The van der Waals surface area contributed by atoms with Crippen molar-refractivity contribution in [2.75, 3.05) is 0 Å². The molecule has 0 saturated carbocycles. The lowest BCUT2D eigenvalue weighted by Gasteiger charge is -2.16. The van der Waals surface area contributed by atoms with Crippen molar-refractivity contribution >= 4 is 23.4 Å². The first-order valence-electron chi connectivity index (χ1n) is 8.53. The molecule has 3 N–H and O–H groups in total. The van der Waals surface area contributed by atoms with Crippen molar-refractivity contribution < 1.29 is 9.59 Å². The normalized spacial score (nSPS) is 11.6. The molecule has 0 aliphatic rings. The molecule has 136 valence electrons. The molecule has 0 spiro atoms. The van der Waals surface area contributed by atoms with Gasteiger partial charge in [0, 0.05) is 17.0 Å². The van der Waals surface area contributed by atoms with Crippen LogP contribution in [0, 0.1) is 0 Å². The molecule has 0 aromatic heterocycles. The third kappa shape index (κ3) is 4.96. The highest BCUT2D eigenvalue weighted by atomic mass is 35.5. The number of halogens is 1. The smallest absolute Gasteiger partial charge is 0.251 e. The zero-order chi connectivity index (χ0) is 19.2. The number of amides is 2. The van der Waals surface area contributed by atoms with Crippen molar-refractivity contribution in [2.24, 2.45) is 5.73 Å². The maximum absolute atomic E-state index is 12.3. The third-order valence-electron chi connectivity index (χ3n) is 4.26. The Morgan fingerprint density at radius 2 is 1.44 bits per heavy atom. The number of carbonyl (C=O) groups is 2. The molecule has 3 aromatic rings. The Morgan fingerprint density at radius 1 is 0.852 bits per heavy atom. The molecule has 4 nitrogen and oxygen atoms in total. The summed E-state index contributed by atoms with van der Waals surface area (Å²) < 4.78 is 0. The van der Waals surface area contributed by atoms with Crippen LogP contribution < -0.4 is 11.1 Å². The molecule has 0 aliphatic carbocycles. The van der Waals surface area contributed by atoms with Crippen LogP contribution in [0.5, 0.6) is 0 Å². The Kier molecular flexibility index (Phi) is 5.89. The van der Waals surface area contributed by atoms with Crippen LogP contribution in [0.4, 0.5) is 0 Å². The molecule has 0 aliphatic heterocycles. The van der Waals surface area contributed by atoms with Crippen molar-refractivity contribution in [3.8, 4) is 11.1 Å². The number of hydrogen-bond acceptors (Lipinski definition) is 2. The minimum Gasteiger partial charge on any atom is -0.368 e. The van der Waals surface area contributed by atoms with Crippen molar-refractivity contribution in [1.82, 2.24) is 5.32 Å². The van der Waals surface area contributed by atoms with E-state index in [-0.39, 0.29) is 5.91 Å². The van der Waals surface area contributed by atoms with Gasteiger partial charge in [-0.05, 0) is 41.0 Å². The van der Waals surface area contributed by atoms with Crippen LogP contribution >= 0.6 is 11.6 Å². The van der Waals surface area contributed by atoms with Crippen LogP contribution in [0.25, 0.3) is 11.1 Å². The molecule has 3 rings (SSSR count). The first-order valence-corrected chi connectivity index (χ1v) is 8.91. The minimum atomic E-state index is -0.796. The van der Waals surface area contributed by atoms with Gasteiger partial charge in [0.05, 0.1) is 0 Å². The highest BCUT2D eigenvalue weighted by Crippen LogP contribution is 2.20. The lowest BCUT2D eigenvalue weighted by molar-refractivity contribution is -0.119. The van der Waals surface area contributed by atoms with E-state index in [1.807, 2.05) is 54.6 Å². The molecule has 2 amide bonds. The maximum Gasteiger partial charge on any atom is 0.251 e. The van der Waals surface area contributed by atoms with Gasteiger partial charge in [-0.2, -0.15) is 0 Å². The molecule has 0 radical (unpaired) electrons. The van der Waals surface area contributed by atoms with Crippen LogP contribution in [-0.4, -0.2) is 17.9 Å². The first kappa shape index (κ1) is 18.7. The summed E-state index contributed by atoms with van der Waals surface area (Å²) in [6.45, 7) is 0. The molecule has 27 heavy (non-hydrogen) atoms. The van der Waals surface area contributed by atoms with Crippen molar-refractivity contribution in [3.63, 3.8) is 0 Å². The summed E-state index contributed by atoms with van der Waals surface area (Å²) in [6.07, 6.45) is 0.323. The Hall–Kier alpha value is -3.11. The fourth-order valence-corrected chi connectivity index (χ4v) is 2.89. The second-order valence-corrected chi connectivity index (χ2v) is 6.64. The third-order valence-corrected chi connectivity index (χ3v) is 4.51. The number of carbonyl (C=O) groups excluding carboxylic acids is 2. The van der Waals surface area contributed by atoms with Crippen LogP contribution in [0.2, 0.25) is 5.02 Å². The maximum atomic E-state index is 12.3. The van der Waals surface area contributed by atoms with E-state index in [2.05, 4.69) is 5.32 Å². The number of nitrogens with one attached hydrogen (secondary N) is 1. The number of benzene rings is 3. The zero-order valence-corrected chi connectivity index (χ0v) is 15.3. The van der Waals surface area contributed by atoms with Crippen molar-refractivity contribution in [2.45, 2.75) is 12.5 Å². The van der Waals surface area contributed by atoms with E-state index >= 15 is 0 Å². The molecule has 3 aromatic carbocycles. The number of rotatable bonds is 6. The Bertz CT molecular complexity index is 923. The molecular formula is C22H19ClN2O2. The van der Waals surface area contributed by atoms with Gasteiger partial charge in [0.1, 0.15) is 6.04 Å². The number of nitrogens with two attached hydrogens (primary N) is 1. The van der Waals surface area contributed by atoms with E-state index < -0.39 is 11.9 Å². The summed E-state index contributed by atoms with van der Waals surface area (Å²) in [5, 5.41) is 3.23. The van der Waals surface area contributed by atoms with Gasteiger partial charge in [0.2, 0.25) is 5.91 Å². The number of hydrogen-bond donors (Lipinski definition) is 2. The van der Waals surface area contributed by atoms with Crippen molar-refractivity contribution in [3.05, 3.63) is 95.0 Å². The molecule has 0 saturated heterocycles. The average molecular weight is 379 g/mol. The molecule has 0 heterocycles. The Morgan fingerprint density at radius 3 is 2.04 bits per heavy atom. The SMILES string of the molecule is NC(=O)[C@H](Cc1ccc(-c2ccccc2)cc1)NC(=O)c1ccc(Cl)cc1. The zero-order valence-electron chi connectivity index (χ0n) is 14.6. The van der Waals surface area contributed by atoms with Gasteiger partial charge in [0.15, 0.2) is 0 Å². The monoisotopic (exact) mass is 378 g/mol. The first-order chi connectivity index (χ1) is 13.0. The van der Waals surface area contributed by atoms with Gasteiger partial charge in [-0.15, -0.1) is 0 Å². The van der Waals surface area contributed by atoms with E-state index in [1.54, 1.807) is 24.3 Å². The summed E-state index contributed by atoms with van der Waals surface area (Å²) >= 11 is 5.83. The summed E-state index contributed by atoms with van der Waals surface area (Å²) in [5.41, 5.74) is 9.02. The fraction of sp³-hybridized carbons (Fsp3) is 0.0909. The van der Waals surface area contributed by atoms with Gasteiger partial charge >= 0.3 is 0 Å².